The van der Waals surface area contributed by atoms with Gasteiger partial charge in [-0.2, -0.15) is 0 Å². The molecule has 1 aliphatic carbocycles. The van der Waals surface area contributed by atoms with Gasteiger partial charge in [0, 0.05) is 16.9 Å². The van der Waals surface area contributed by atoms with E-state index >= 15 is 0 Å². The summed E-state index contributed by atoms with van der Waals surface area (Å²) in [6.45, 7) is 7.69. The lowest BCUT2D eigenvalue weighted by Crippen LogP contribution is -2.01. The topological polar surface area (TPSA) is 12.0 Å². The van der Waals surface area contributed by atoms with Gasteiger partial charge in [0.1, 0.15) is 0 Å². The van der Waals surface area contributed by atoms with Crippen LogP contribution in [0.15, 0.2) is 55.3 Å². The van der Waals surface area contributed by atoms with Crippen molar-refractivity contribution in [2.24, 2.45) is 0 Å². The van der Waals surface area contributed by atoms with E-state index in [4.69, 9.17) is 0 Å². The first-order valence-corrected chi connectivity index (χ1v) is 5.87. The summed E-state index contributed by atoms with van der Waals surface area (Å²) >= 11 is 0. The van der Waals surface area contributed by atoms with Crippen LogP contribution in [0, 0.1) is 0 Å². The minimum absolute atomic E-state index is 1.08. The molecule has 1 aromatic rings. The second-order valence-electron chi connectivity index (χ2n) is 3.98. The fraction of sp³-hybridized carbons (Fsp3) is 0.125. The van der Waals surface area contributed by atoms with Gasteiger partial charge in [-0.25, -0.2) is 0 Å². The maximum atomic E-state index is 3.87. The molecule has 2 rings (SSSR count). The van der Waals surface area contributed by atoms with E-state index in [0.29, 0.717) is 0 Å². The summed E-state index contributed by atoms with van der Waals surface area (Å²) in [6.07, 6.45) is 12.5. The van der Waals surface area contributed by atoms with Crippen molar-refractivity contribution in [3.05, 3.63) is 66.4 Å². The molecule has 0 fully saturated rings. The van der Waals surface area contributed by atoms with Gasteiger partial charge in [-0.1, -0.05) is 49.6 Å². The Morgan fingerprint density at radius 2 is 2.00 bits per heavy atom. The highest BCUT2D eigenvalue weighted by Crippen LogP contribution is 2.24. The molecule has 0 atom stereocenters. The molecule has 86 valence electrons. The Kier molecular flexibility index (Phi) is 3.61. The molecule has 1 nitrogen and oxygen atoms in total. The van der Waals surface area contributed by atoms with E-state index < -0.39 is 0 Å². The fourth-order valence-electron chi connectivity index (χ4n) is 1.96. The Bertz CT molecular complexity index is 492. The Labute approximate surface area is 103 Å². The molecular weight excluding hydrogens is 206 g/mol. The van der Waals surface area contributed by atoms with Crippen LogP contribution in [0.25, 0.3) is 12.2 Å². The first-order valence-electron chi connectivity index (χ1n) is 5.87. The number of nitrogens with one attached hydrogen (secondary N) is 1. The van der Waals surface area contributed by atoms with Crippen molar-refractivity contribution in [3.63, 3.8) is 0 Å². The lowest BCUT2D eigenvalue weighted by Gasteiger charge is -2.14. The van der Waals surface area contributed by atoms with E-state index in [2.05, 4.69) is 42.8 Å². The van der Waals surface area contributed by atoms with Crippen LogP contribution in [-0.2, 0) is 0 Å². The Morgan fingerprint density at radius 1 is 1.12 bits per heavy atom. The summed E-state index contributed by atoms with van der Waals surface area (Å²) in [4.78, 5) is 0. The normalized spacial score (nSPS) is 14.0. The van der Waals surface area contributed by atoms with Gasteiger partial charge < -0.3 is 5.32 Å². The largest absolute Gasteiger partial charge is 0.355 e. The number of anilines is 1. The van der Waals surface area contributed by atoms with Gasteiger partial charge in [0.15, 0.2) is 0 Å². The zero-order valence-corrected chi connectivity index (χ0v) is 9.95. The third-order valence-electron chi connectivity index (χ3n) is 2.84. The van der Waals surface area contributed by atoms with Crippen molar-refractivity contribution < 1.29 is 0 Å². The van der Waals surface area contributed by atoms with E-state index in [1.807, 2.05) is 24.3 Å². The monoisotopic (exact) mass is 223 g/mol. The van der Waals surface area contributed by atoms with E-state index in [0.717, 1.165) is 35.4 Å². The summed E-state index contributed by atoms with van der Waals surface area (Å²) in [6, 6.07) is 6.13. The van der Waals surface area contributed by atoms with Gasteiger partial charge in [-0.05, 0) is 30.5 Å². The smallest absolute Gasteiger partial charge is 0.0463 e. The minimum atomic E-state index is 1.08. The third kappa shape index (κ3) is 2.56. The molecular formula is C16H17N. The molecule has 17 heavy (non-hydrogen) atoms. The fourth-order valence-corrected chi connectivity index (χ4v) is 1.96. The molecule has 0 radical (unpaired) electrons. The number of hydrogen-bond acceptors (Lipinski definition) is 1. The van der Waals surface area contributed by atoms with Crippen LogP contribution < -0.4 is 5.32 Å². The molecule has 0 aromatic heterocycles. The third-order valence-corrected chi connectivity index (χ3v) is 2.84. The predicted molar refractivity (Wildman–Crippen MR) is 76.7 cm³/mol. The van der Waals surface area contributed by atoms with Crippen LogP contribution in [0.2, 0.25) is 0 Å². The van der Waals surface area contributed by atoms with Crippen molar-refractivity contribution in [1.82, 2.24) is 0 Å². The van der Waals surface area contributed by atoms with Crippen molar-refractivity contribution in [3.8, 4) is 0 Å². The number of allylic oxidation sites excluding steroid dienone is 3. The zero-order valence-electron chi connectivity index (χ0n) is 9.95. The summed E-state index contributed by atoms with van der Waals surface area (Å²) in [5.74, 6) is 0. The first kappa shape index (κ1) is 11.5. The van der Waals surface area contributed by atoms with Crippen LogP contribution in [0.5, 0.6) is 0 Å². The summed E-state index contributed by atoms with van der Waals surface area (Å²) in [7, 11) is 0. The van der Waals surface area contributed by atoms with Crippen LogP contribution >= 0.6 is 0 Å². The lowest BCUT2D eigenvalue weighted by atomic mass is 10.0. The quantitative estimate of drug-likeness (QED) is 0.785. The minimum Gasteiger partial charge on any atom is -0.355 e. The van der Waals surface area contributed by atoms with E-state index in [1.165, 1.54) is 0 Å². The standard InChI is InChI=1S/C16H17N/c1-3-13-9-8-12-16(15(13)4-2)17-14-10-6-5-7-11-14/h3-4,6,8-12,17H,1-2,5,7H2. The summed E-state index contributed by atoms with van der Waals surface area (Å²) < 4.78 is 0. The molecule has 0 aliphatic heterocycles. The van der Waals surface area contributed by atoms with Crippen molar-refractivity contribution >= 4 is 17.8 Å². The number of rotatable bonds is 4. The average Bonchev–Trinajstić information content (AvgIpc) is 2.39. The highest BCUT2D eigenvalue weighted by atomic mass is 14.9. The van der Waals surface area contributed by atoms with Gasteiger partial charge in [-0.3, -0.25) is 0 Å². The molecule has 1 heteroatoms. The van der Waals surface area contributed by atoms with Gasteiger partial charge in [0.05, 0.1) is 0 Å². The Balaban J connectivity index is 2.32. The number of benzene rings is 1. The molecule has 0 spiro atoms. The van der Waals surface area contributed by atoms with Gasteiger partial charge in [0.25, 0.3) is 0 Å². The summed E-state index contributed by atoms with van der Waals surface area (Å²) in [5, 5.41) is 3.43. The molecule has 1 aliphatic rings. The molecule has 0 heterocycles. The lowest BCUT2D eigenvalue weighted by molar-refractivity contribution is 1.02. The van der Waals surface area contributed by atoms with Crippen LogP contribution in [-0.4, -0.2) is 0 Å². The van der Waals surface area contributed by atoms with Gasteiger partial charge in [-0.15, -0.1) is 0 Å². The highest BCUT2D eigenvalue weighted by Gasteiger charge is 2.04. The first-order chi connectivity index (χ1) is 8.35. The van der Waals surface area contributed by atoms with Crippen molar-refractivity contribution in [2.75, 3.05) is 5.32 Å². The molecule has 0 saturated heterocycles. The zero-order chi connectivity index (χ0) is 12.1. The van der Waals surface area contributed by atoms with Crippen molar-refractivity contribution in [2.45, 2.75) is 12.8 Å². The molecule has 1 aromatic carbocycles. The predicted octanol–water partition coefficient (Wildman–Crippen LogP) is 4.62. The Hall–Kier alpha value is -2.02. The molecule has 1 N–H and O–H groups in total. The molecule has 0 amide bonds. The van der Waals surface area contributed by atoms with Crippen molar-refractivity contribution in [1.29, 1.82) is 0 Å². The SMILES string of the molecule is C=Cc1cccc(NC2=CCCC=C2)c1C=C. The molecule has 0 bridgehead atoms. The molecule has 0 saturated carbocycles. The van der Waals surface area contributed by atoms with E-state index in [1.54, 1.807) is 0 Å². The second kappa shape index (κ2) is 5.35. The maximum absolute atomic E-state index is 3.87. The molecule has 0 unspecified atom stereocenters. The van der Waals surface area contributed by atoms with Crippen LogP contribution in [0.1, 0.15) is 24.0 Å². The van der Waals surface area contributed by atoms with E-state index in [9.17, 15) is 0 Å². The highest BCUT2D eigenvalue weighted by molar-refractivity contribution is 5.76. The van der Waals surface area contributed by atoms with Crippen LogP contribution in [0.4, 0.5) is 5.69 Å². The summed E-state index contributed by atoms with van der Waals surface area (Å²) in [5.41, 5.74) is 4.43. The second-order valence-corrected chi connectivity index (χ2v) is 3.98. The maximum Gasteiger partial charge on any atom is 0.0463 e. The average molecular weight is 223 g/mol. The number of hydrogen-bond donors (Lipinski definition) is 1. The van der Waals surface area contributed by atoms with Crippen LogP contribution in [0.3, 0.4) is 0 Å². The Morgan fingerprint density at radius 3 is 2.65 bits per heavy atom. The van der Waals surface area contributed by atoms with Gasteiger partial charge in [0.2, 0.25) is 0 Å². The van der Waals surface area contributed by atoms with E-state index in [-0.39, 0.29) is 0 Å². The van der Waals surface area contributed by atoms with Gasteiger partial charge >= 0.3 is 0 Å².